The molecule has 0 saturated heterocycles. The maximum atomic E-state index is 12.7. The lowest BCUT2D eigenvalue weighted by Gasteiger charge is -2.18. The Balaban J connectivity index is 4.31. The molecule has 0 aromatic rings. The Morgan fingerprint density at radius 2 is 0.636 bits per heavy atom. The zero-order valence-corrected chi connectivity index (χ0v) is 37.7. The number of esters is 3. The third-order valence-electron chi connectivity index (χ3n) is 11.3. The number of ether oxygens (including phenoxy) is 3. The number of hydrogen-bond donors (Lipinski definition) is 0. The largest absolute Gasteiger partial charge is 0.462 e. The van der Waals surface area contributed by atoms with Gasteiger partial charge in [-0.2, -0.15) is 0 Å². The van der Waals surface area contributed by atoms with Gasteiger partial charge in [0.05, 0.1) is 0 Å². The third-order valence-corrected chi connectivity index (χ3v) is 11.3. The van der Waals surface area contributed by atoms with Crippen molar-refractivity contribution >= 4 is 17.9 Å². The lowest BCUT2D eigenvalue weighted by molar-refractivity contribution is -0.167. The van der Waals surface area contributed by atoms with E-state index in [2.05, 4.69) is 41.5 Å². The van der Waals surface area contributed by atoms with E-state index in [1.807, 2.05) is 0 Å². The van der Waals surface area contributed by atoms with Gasteiger partial charge >= 0.3 is 17.9 Å². The lowest BCUT2D eigenvalue weighted by atomic mass is 9.99. The van der Waals surface area contributed by atoms with E-state index in [4.69, 9.17) is 14.2 Å². The van der Waals surface area contributed by atoms with Crippen molar-refractivity contribution in [2.75, 3.05) is 13.2 Å². The van der Waals surface area contributed by atoms with E-state index < -0.39 is 6.10 Å². The Morgan fingerprint density at radius 3 is 0.945 bits per heavy atom. The highest BCUT2D eigenvalue weighted by atomic mass is 16.6. The second-order valence-corrected chi connectivity index (χ2v) is 17.9. The van der Waals surface area contributed by atoms with Gasteiger partial charge in [-0.05, 0) is 37.0 Å². The Morgan fingerprint density at radius 1 is 0.364 bits per heavy atom. The van der Waals surface area contributed by atoms with Gasteiger partial charge < -0.3 is 14.2 Å². The standard InChI is InChI=1S/C49H94O6/c1-7-45(6)37-31-25-19-14-15-21-27-33-39-48(51)54-42-46(55-49(52)40-34-28-22-16-18-24-30-36-44(4)5)41-53-47(50)38-32-26-20-13-11-9-8-10-12-17-23-29-35-43(2)3/h43-46H,7-42H2,1-6H3/t45?,46-/m0/s1. The van der Waals surface area contributed by atoms with Crippen molar-refractivity contribution in [3.05, 3.63) is 0 Å². The molecule has 0 aromatic carbocycles. The maximum Gasteiger partial charge on any atom is 0.306 e. The smallest absolute Gasteiger partial charge is 0.306 e. The van der Waals surface area contributed by atoms with Gasteiger partial charge in [0.25, 0.3) is 0 Å². The van der Waals surface area contributed by atoms with E-state index in [9.17, 15) is 14.4 Å². The van der Waals surface area contributed by atoms with Crippen LogP contribution >= 0.6 is 0 Å². The summed E-state index contributed by atoms with van der Waals surface area (Å²) in [5, 5.41) is 0. The summed E-state index contributed by atoms with van der Waals surface area (Å²) in [4.78, 5) is 37.8. The minimum atomic E-state index is -0.762. The molecule has 6 heteroatoms. The normalized spacial score (nSPS) is 12.7. The molecule has 1 unspecified atom stereocenters. The Labute approximate surface area is 342 Å². The summed E-state index contributed by atoms with van der Waals surface area (Å²) in [7, 11) is 0. The van der Waals surface area contributed by atoms with Crippen LogP contribution in [0.15, 0.2) is 0 Å². The van der Waals surface area contributed by atoms with Crippen molar-refractivity contribution in [3.8, 4) is 0 Å². The van der Waals surface area contributed by atoms with Crippen molar-refractivity contribution in [2.24, 2.45) is 17.8 Å². The molecule has 0 fully saturated rings. The molecule has 0 aliphatic heterocycles. The first-order valence-electron chi connectivity index (χ1n) is 24.1. The van der Waals surface area contributed by atoms with Crippen LogP contribution in [0.2, 0.25) is 0 Å². The van der Waals surface area contributed by atoms with Gasteiger partial charge in [-0.1, -0.05) is 221 Å². The minimum absolute atomic E-state index is 0.0662. The molecule has 0 aliphatic rings. The second kappa shape index (κ2) is 40.6. The molecule has 0 radical (unpaired) electrons. The zero-order valence-electron chi connectivity index (χ0n) is 37.7. The van der Waals surface area contributed by atoms with Crippen molar-refractivity contribution < 1.29 is 28.6 Å². The Hall–Kier alpha value is -1.59. The van der Waals surface area contributed by atoms with Gasteiger partial charge in [0.2, 0.25) is 0 Å². The van der Waals surface area contributed by atoms with Crippen LogP contribution in [0.25, 0.3) is 0 Å². The van der Waals surface area contributed by atoms with Crippen LogP contribution < -0.4 is 0 Å². The third kappa shape index (κ3) is 41.9. The van der Waals surface area contributed by atoms with E-state index in [0.29, 0.717) is 19.3 Å². The fraction of sp³-hybridized carbons (Fsp3) is 0.939. The SMILES string of the molecule is CCC(C)CCCCCCCCCCC(=O)OC[C@H](COC(=O)CCCCCCCCCCCCCCC(C)C)OC(=O)CCCCCCCCCC(C)C. The fourth-order valence-electron chi connectivity index (χ4n) is 7.20. The molecule has 0 bridgehead atoms. The highest BCUT2D eigenvalue weighted by Gasteiger charge is 2.19. The first-order chi connectivity index (χ1) is 26.6. The molecule has 326 valence electrons. The maximum absolute atomic E-state index is 12.7. The zero-order chi connectivity index (χ0) is 40.6. The van der Waals surface area contributed by atoms with Gasteiger partial charge in [-0.25, -0.2) is 0 Å². The van der Waals surface area contributed by atoms with Gasteiger partial charge in [-0.15, -0.1) is 0 Å². The molecular formula is C49H94O6. The fourth-order valence-corrected chi connectivity index (χ4v) is 7.20. The molecule has 55 heavy (non-hydrogen) atoms. The van der Waals surface area contributed by atoms with E-state index in [1.54, 1.807) is 0 Å². The molecule has 0 spiro atoms. The highest BCUT2D eigenvalue weighted by molar-refractivity contribution is 5.71. The van der Waals surface area contributed by atoms with Crippen LogP contribution in [0, 0.1) is 17.8 Å². The molecule has 0 aromatic heterocycles. The lowest BCUT2D eigenvalue weighted by Crippen LogP contribution is -2.30. The summed E-state index contributed by atoms with van der Waals surface area (Å²) in [6.45, 7) is 13.7. The van der Waals surface area contributed by atoms with Gasteiger partial charge in [-0.3, -0.25) is 14.4 Å². The van der Waals surface area contributed by atoms with Crippen molar-refractivity contribution in [1.29, 1.82) is 0 Å². The van der Waals surface area contributed by atoms with Crippen LogP contribution in [0.5, 0.6) is 0 Å². The number of carbonyl (C=O) groups excluding carboxylic acids is 3. The molecule has 0 saturated carbocycles. The van der Waals surface area contributed by atoms with Crippen LogP contribution in [-0.4, -0.2) is 37.2 Å². The van der Waals surface area contributed by atoms with Gasteiger partial charge in [0.15, 0.2) is 6.10 Å². The van der Waals surface area contributed by atoms with E-state index in [1.165, 1.54) is 141 Å². The van der Waals surface area contributed by atoms with E-state index >= 15 is 0 Å². The summed E-state index contributed by atoms with van der Waals surface area (Å²) >= 11 is 0. The average Bonchev–Trinajstić information content (AvgIpc) is 3.15. The topological polar surface area (TPSA) is 78.9 Å². The van der Waals surface area contributed by atoms with Crippen molar-refractivity contribution in [3.63, 3.8) is 0 Å². The van der Waals surface area contributed by atoms with E-state index in [0.717, 1.165) is 75.5 Å². The number of unbranched alkanes of at least 4 members (excludes halogenated alkanes) is 24. The molecule has 0 amide bonds. The molecule has 0 aliphatic carbocycles. The molecular weight excluding hydrogens is 685 g/mol. The van der Waals surface area contributed by atoms with Crippen LogP contribution in [0.4, 0.5) is 0 Å². The quantitative estimate of drug-likeness (QED) is 0.0349. The highest BCUT2D eigenvalue weighted by Crippen LogP contribution is 2.17. The van der Waals surface area contributed by atoms with E-state index in [-0.39, 0.29) is 31.1 Å². The molecule has 0 N–H and O–H groups in total. The predicted molar refractivity (Wildman–Crippen MR) is 233 cm³/mol. The second-order valence-electron chi connectivity index (χ2n) is 17.9. The summed E-state index contributed by atoms with van der Waals surface area (Å²) in [6, 6.07) is 0. The molecule has 0 rings (SSSR count). The van der Waals surface area contributed by atoms with Crippen molar-refractivity contribution in [1.82, 2.24) is 0 Å². The minimum Gasteiger partial charge on any atom is -0.462 e. The number of carbonyl (C=O) groups is 3. The van der Waals surface area contributed by atoms with Crippen LogP contribution in [0.3, 0.4) is 0 Å². The summed E-state index contributed by atoms with van der Waals surface area (Å²) in [5.41, 5.74) is 0. The summed E-state index contributed by atoms with van der Waals surface area (Å²) in [6.07, 6.45) is 38.1. The molecule has 2 atom stereocenters. The molecule has 0 heterocycles. The summed E-state index contributed by atoms with van der Waals surface area (Å²) in [5.74, 6) is 1.60. The van der Waals surface area contributed by atoms with Gasteiger partial charge in [0.1, 0.15) is 13.2 Å². The Bertz CT molecular complexity index is 854. The monoisotopic (exact) mass is 779 g/mol. The number of hydrogen-bond acceptors (Lipinski definition) is 6. The van der Waals surface area contributed by atoms with Gasteiger partial charge in [0, 0.05) is 19.3 Å². The number of rotatable bonds is 42. The predicted octanol–water partition coefficient (Wildman–Crippen LogP) is 15.2. The van der Waals surface area contributed by atoms with Crippen LogP contribution in [0.1, 0.15) is 260 Å². The summed E-state index contributed by atoms with van der Waals surface area (Å²) < 4.78 is 16.7. The van der Waals surface area contributed by atoms with Crippen LogP contribution in [-0.2, 0) is 28.6 Å². The molecule has 6 nitrogen and oxygen atoms in total. The average molecular weight is 779 g/mol. The Kier molecular flexibility index (Phi) is 39.4. The first-order valence-corrected chi connectivity index (χ1v) is 24.1. The first kappa shape index (κ1) is 53.4. The van der Waals surface area contributed by atoms with Crippen molar-refractivity contribution in [2.45, 2.75) is 266 Å².